The summed E-state index contributed by atoms with van der Waals surface area (Å²) >= 11 is 0.317. The molecule has 0 radical (unpaired) electrons. The van der Waals surface area contributed by atoms with Gasteiger partial charge in [-0.3, -0.25) is 0 Å². The molecule has 2 rings (SSSR count). The van der Waals surface area contributed by atoms with Gasteiger partial charge in [-0.25, -0.2) is 0 Å². The molecular weight excluding hydrogens is 359 g/mol. The molecule has 0 fully saturated rings. The molecule has 0 aliphatic carbocycles. The van der Waals surface area contributed by atoms with Crippen LogP contribution in [0.15, 0.2) is 48.5 Å². The van der Waals surface area contributed by atoms with Gasteiger partial charge in [-0.1, -0.05) is 0 Å². The van der Waals surface area contributed by atoms with E-state index in [9.17, 15) is 0 Å². The van der Waals surface area contributed by atoms with Crippen molar-refractivity contribution in [1.29, 1.82) is 0 Å². The number of rotatable bonds is 10. The van der Waals surface area contributed by atoms with E-state index >= 15 is 0 Å². The van der Waals surface area contributed by atoms with Crippen molar-refractivity contribution in [2.75, 3.05) is 25.2 Å². The Hall–Kier alpha value is -1.52. The monoisotopic (exact) mass is 382 g/mol. The van der Waals surface area contributed by atoms with E-state index in [1.165, 1.54) is 0 Å². The van der Waals surface area contributed by atoms with E-state index in [-0.39, 0.29) is 0 Å². The van der Waals surface area contributed by atoms with Gasteiger partial charge in [0.2, 0.25) is 0 Å². The molecule has 4 nitrogen and oxygen atoms in total. The Bertz CT molecular complexity index is 537. The molecule has 5 heteroatoms. The van der Waals surface area contributed by atoms with Crippen molar-refractivity contribution in [3.63, 3.8) is 0 Å². The van der Waals surface area contributed by atoms with Crippen molar-refractivity contribution in [1.82, 2.24) is 0 Å². The zero-order chi connectivity index (χ0) is 16.3. The Morgan fingerprint density at radius 1 is 0.739 bits per heavy atom. The number of methoxy groups -OCH3 is 2. The summed E-state index contributed by atoms with van der Waals surface area (Å²) in [6, 6.07) is 15.9. The van der Waals surface area contributed by atoms with Crippen LogP contribution in [-0.4, -0.2) is 40.2 Å². The van der Waals surface area contributed by atoms with Gasteiger partial charge >= 0.3 is 144 Å². The van der Waals surface area contributed by atoms with Crippen LogP contribution in [0.5, 0.6) is 11.5 Å². The second-order valence-corrected chi connectivity index (χ2v) is 6.69. The zero-order valence-corrected chi connectivity index (χ0v) is 15.2. The molecule has 0 aliphatic rings. The van der Waals surface area contributed by atoms with Crippen LogP contribution in [0, 0.1) is 0 Å². The van der Waals surface area contributed by atoms with E-state index in [0.29, 0.717) is 28.2 Å². The minimum atomic E-state index is 0.317. The Morgan fingerprint density at radius 2 is 1.22 bits per heavy atom. The van der Waals surface area contributed by atoms with Gasteiger partial charge in [0.15, 0.2) is 0 Å². The fraction of sp³-hybridized carbons (Fsp3) is 0.333. The van der Waals surface area contributed by atoms with E-state index in [4.69, 9.17) is 18.9 Å². The third kappa shape index (κ3) is 6.63. The van der Waals surface area contributed by atoms with E-state index < -0.39 is 0 Å². The first-order valence-corrected chi connectivity index (χ1v) is 9.73. The number of hydrogen-bond donors (Lipinski definition) is 0. The fourth-order valence-corrected chi connectivity index (χ4v) is 2.98. The van der Waals surface area contributed by atoms with Gasteiger partial charge in [-0.15, -0.1) is 0 Å². The summed E-state index contributed by atoms with van der Waals surface area (Å²) in [7, 11) is 3.34. The Labute approximate surface area is 143 Å². The van der Waals surface area contributed by atoms with Gasteiger partial charge in [-0.2, -0.15) is 0 Å². The molecule has 0 saturated heterocycles. The van der Waals surface area contributed by atoms with Crippen molar-refractivity contribution in [2.45, 2.75) is 13.2 Å². The Balaban J connectivity index is 1.57. The van der Waals surface area contributed by atoms with Crippen molar-refractivity contribution >= 4 is 15.0 Å². The molecule has 0 atom stereocenters. The van der Waals surface area contributed by atoms with Crippen LogP contribution in [0.25, 0.3) is 0 Å². The first-order valence-electron chi connectivity index (χ1n) is 7.31. The van der Waals surface area contributed by atoms with E-state index in [2.05, 4.69) is 0 Å². The SMILES string of the molecule is COc1cccc(COC[Se]COCc2cccc(OC)c2)c1. The molecule has 0 aromatic heterocycles. The quantitative estimate of drug-likeness (QED) is 0.468. The topological polar surface area (TPSA) is 36.9 Å². The van der Waals surface area contributed by atoms with Crippen LogP contribution in [0.3, 0.4) is 0 Å². The van der Waals surface area contributed by atoms with Gasteiger partial charge in [0.05, 0.1) is 0 Å². The van der Waals surface area contributed by atoms with Gasteiger partial charge in [0.25, 0.3) is 0 Å². The van der Waals surface area contributed by atoms with Gasteiger partial charge < -0.3 is 0 Å². The molecule has 0 spiro atoms. The van der Waals surface area contributed by atoms with Crippen molar-refractivity contribution in [3.05, 3.63) is 59.7 Å². The van der Waals surface area contributed by atoms with Crippen molar-refractivity contribution in [2.24, 2.45) is 0 Å². The van der Waals surface area contributed by atoms with Crippen LogP contribution in [-0.2, 0) is 22.7 Å². The van der Waals surface area contributed by atoms with E-state index in [0.717, 1.165) is 33.6 Å². The molecular formula is C18H22O4Se. The third-order valence-corrected chi connectivity index (χ3v) is 4.54. The molecule has 0 bridgehead atoms. The maximum absolute atomic E-state index is 5.68. The average molecular weight is 381 g/mol. The van der Waals surface area contributed by atoms with E-state index in [1.807, 2.05) is 48.5 Å². The summed E-state index contributed by atoms with van der Waals surface area (Å²) in [6.45, 7) is 1.21. The van der Waals surface area contributed by atoms with Crippen LogP contribution in [0.2, 0.25) is 0 Å². The van der Waals surface area contributed by atoms with Crippen molar-refractivity contribution in [3.8, 4) is 11.5 Å². The van der Waals surface area contributed by atoms with Crippen LogP contribution in [0.1, 0.15) is 11.1 Å². The molecule has 2 aromatic rings. The molecule has 0 amide bonds. The molecule has 124 valence electrons. The predicted octanol–water partition coefficient (Wildman–Crippen LogP) is 3.06. The van der Waals surface area contributed by atoms with E-state index in [1.54, 1.807) is 14.2 Å². The maximum atomic E-state index is 5.68. The standard InChI is InChI=1S/C18H22O4Se/c1-19-17-7-3-5-15(9-17)11-21-13-23-14-22-12-16-6-4-8-18(10-16)20-2/h3-10H,11-14H2,1-2H3. The second-order valence-electron chi connectivity index (χ2n) is 4.84. The predicted molar refractivity (Wildman–Crippen MR) is 91.1 cm³/mol. The number of ether oxygens (including phenoxy) is 4. The summed E-state index contributed by atoms with van der Waals surface area (Å²) in [4.78, 5) is 0. The number of benzene rings is 2. The average Bonchev–Trinajstić information content (AvgIpc) is 2.61. The summed E-state index contributed by atoms with van der Waals surface area (Å²) in [6.07, 6.45) is 0. The zero-order valence-electron chi connectivity index (χ0n) is 13.5. The summed E-state index contributed by atoms with van der Waals surface area (Å²) in [5.74, 6) is 1.72. The molecule has 0 N–H and O–H groups in total. The fourth-order valence-electron chi connectivity index (χ4n) is 2.00. The molecule has 0 heterocycles. The minimum absolute atomic E-state index is 0.317. The Morgan fingerprint density at radius 3 is 1.65 bits per heavy atom. The summed E-state index contributed by atoms with van der Waals surface area (Å²) in [5, 5.41) is 0. The van der Waals surface area contributed by atoms with Gasteiger partial charge in [-0.05, 0) is 0 Å². The van der Waals surface area contributed by atoms with Crippen LogP contribution < -0.4 is 9.47 Å². The molecule has 23 heavy (non-hydrogen) atoms. The van der Waals surface area contributed by atoms with Gasteiger partial charge in [0.1, 0.15) is 0 Å². The molecule has 0 saturated carbocycles. The summed E-state index contributed by atoms with van der Waals surface area (Å²) in [5.41, 5.74) is 3.72. The van der Waals surface area contributed by atoms with Gasteiger partial charge in [0, 0.05) is 0 Å². The second kappa shape index (κ2) is 10.3. The number of hydrogen-bond acceptors (Lipinski definition) is 4. The summed E-state index contributed by atoms with van der Waals surface area (Å²) < 4.78 is 21.7. The van der Waals surface area contributed by atoms with Crippen molar-refractivity contribution < 1.29 is 18.9 Å². The van der Waals surface area contributed by atoms with Crippen LogP contribution in [0.4, 0.5) is 0 Å². The molecule has 0 aliphatic heterocycles. The Kier molecular flexibility index (Phi) is 7.98. The molecule has 2 aromatic carbocycles. The third-order valence-electron chi connectivity index (χ3n) is 3.14. The first-order chi connectivity index (χ1) is 11.3. The van der Waals surface area contributed by atoms with Crippen LogP contribution >= 0.6 is 0 Å². The molecule has 0 unspecified atom stereocenters. The normalized spacial score (nSPS) is 10.5. The first kappa shape index (κ1) is 17.8.